The number of aryl methyl sites for hydroxylation is 2. The Hall–Kier alpha value is -1.24. The number of nitrogens with zero attached hydrogens (tertiary/aromatic N) is 3. The SMILES string of the molecule is Cc1sc2nc(CN(C)CC3CC(O)C3)nc(N)c2c1C. The van der Waals surface area contributed by atoms with Crippen molar-refractivity contribution in [1.29, 1.82) is 0 Å². The number of aliphatic hydroxyl groups excluding tert-OH is 1. The van der Waals surface area contributed by atoms with Crippen LogP contribution >= 0.6 is 11.3 Å². The summed E-state index contributed by atoms with van der Waals surface area (Å²) in [6, 6.07) is 0. The fraction of sp³-hybridized carbons (Fsp3) is 0.600. The molecule has 2 aromatic heterocycles. The third-order valence-corrected chi connectivity index (χ3v) is 5.40. The summed E-state index contributed by atoms with van der Waals surface area (Å²) >= 11 is 1.68. The van der Waals surface area contributed by atoms with Crippen molar-refractivity contribution in [3.8, 4) is 0 Å². The van der Waals surface area contributed by atoms with Gasteiger partial charge in [-0.3, -0.25) is 4.90 Å². The molecule has 0 unspecified atom stereocenters. The van der Waals surface area contributed by atoms with Gasteiger partial charge >= 0.3 is 0 Å². The zero-order valence-electron chi connectivity index (χ0n) is 12.8. The lowest BCUT2D eigenvalue weighted by Crippen LogP contribution is -2.37. The molecule has 114 valence electrons. The Labute approximate surface area is 128 Å². The monoisotopic (exact) mass is 306 g/mol. The van der Waals surface area contributed by atoms with Crippen LogP contribution in [0.5, 0.6) is 0 Å². The van der Waals surface area contributed by atoms with E-state index in [2.05, 4.69) is 35.8 Å². The molecule has 2 aromatic rings. The highest BCUT2D eigenvalue weighted by Crippen LogP contribution is 2.32. The van der Waals surface area contributed by atoms with Crippen LogP contribution in [0.25, 0.3) is 10.2 Å². The smallest absolute Gasteiger partial charge is 0.146 e. The number of anilines is 1. The molecule has 0 aliphatic heterocycles. The quantitative estimate of drug-likeness (QED) is 0.904. The molecule has 1 aliphatic rings. The van der Waals surface area contributed by atoms with Gasteiger partial charge in [0.25, 0.3) is 0 Å². The van der Waals surface area contributed by atoms with Gasteiger partial charge in [0.15, 0.2) is 0 Å². The van der Waals surface area contributed by atoms with Crippen molar-refractivity contribution in [2.24, 2.45) is 5.92 Å². The fourth-order valence-corrected chi connectivity index (χ4v) is 4.05. The van der Waals surface area contributed by atoms with Gasteiger partial charge in [-0.25, -0.2) is 9.97 Å². The number of rotatable bonds is 4. The largest absolute Gasteiger partial charge is 0.393 e. The second-order valence-corrected chi connectivity index (χ2v) is 7.38. The minimum atomic E-state index is -0.0938. The number of nitrogen functional groups attached to an aromatic ring is 1. The average molecular weight is 306 g/mol. The first-order chi connectivity index (χ1) is 9.94. The molecular weight excluding hydrogens is 284 g/mol. The molecule has 3 N–H and O–H groups in total. The van der Waals surface area contributed by atoms with E-state index in [1.165, 1.54) is 10.4 Å². The summed E-state index contributed by atoms with van der Waals surface area (Å²) in [4.78, 5) is 13.6. The number of aliphatic hydroxyl groups is 1. The summed E-state index contributed by atoms with van der Waals surface area (Å²) in [5, 5.41) is 10.4. The van der Waals surface area contributed by atoms with Crippen molar-refractivity contribution in [1.82, 2.24) is 14.9 Å². The Morgan fingerprint density at radius 1 is 1.33 bits per heavy atom. The molecule has 0 saturated heterocycles. The zero-order valence-corrected chi connectivity index (χ0v) is 13.6. The lowest BCUT2D eigenvalue weighted by atomic mass is 9.82. The van der Waals surface area contributed by atoms with E-state index in [9.17, 15) is 5.11 Å². The van der Waals surface area contributed by atoms with Gasteiger partial charge in [-0.1, -0.05) is 0 Å². The van der Waals surface area contributed by atoms with E-state index in [4.69, 9.17) is 5.73 Å². The molecule has 1 fully saturated rings. The molecule has 1 saturated carbocycles. The Morgan fingerprint density at radius 3 is 2.71 bits per heavy atom. The van der Waals surface area contributed by atoms with E-state index in [0.717, 1.165) is 35.4 Å². The third kappa shape index (κ3) is 2.88. The molecule has 0 amide bonds. The van der Waals surface area contributed by atoms with Gasteiger partial charge in [0, 0.05) is 11.4 Å². The molecule has 6 heteroatoms. The summed E-state index contributed by atoms with van der Waals surface area (Å²) < 4.78 is 0. The Balaban J connectivity index is 1.75. The van der Waals surface area contributed by atoms with Crippen LogP contribution in [0.4, 0.5) is 5.82 Å². The first-order valence-electron chi connectivity index (χ1n) is 7.32. The van der Waals surface area contributed by atoms with Crippen LogP contribution in [0, 0.1) is 19.8 Å². The lowest BCUT2D eigenvalue weighted by Gasteiger charge is -2.34. The summed E-state index contributed by atoms with van der Waals surface area (Å²) in [7, 11) is 2.07. The number of hydrogen-bond acceptors (Lipinski definition) is 6. The van der Waals surface area contributed by atoms with Crippen LogP contribution in [-0.2, 0) is 6.54 Å². The first kappa shape index (κ1) is 14.7. The highest BCUT2D eigenvalue weighted by molar-refractivity contribution is 7.18. The Bertz CT molecular complexity index is 663. The number of aromatic nitrogens is 2. The minimum absolute atomic E-state index is 0.0938. The lowest BCUT2D eigenvalue weighted by molar-refractivity contribution is 0.0271. The zero-order chi connectivity index (χ0) is 15.1. The van der Waals surface area contributed by atoms with Gasteiger partial charge in [-0.05, 0) is 45.2 Å². The van der Waals surface area contributed by atoms with E-state index in [0.29, 0.717) is 18.3 Å². The van der Waals surface area contributed by atoms with Gasteiger partial charge in [0.05, 0.1) is 18.0 Å². The predicted molar refractivity (Wildman–Crippen MR) is 86.4 cm³/mol. The molecule has 5 nitrogen and oxygen atoms in total. The van der Waals surface area contributed by atoms with Crippen LogP contribution in [0.1, 0.15) is 29.1 Å². The van der Waals surface area contributed by atoms with Gasteiger partial charge in [-0.15, -0.1) is 11.3 Å². The fourth-order valence-electron chi connectivity index (χ4n) is 2.99. The Kier molecular flexibility index (Phi) is 3.86. The average Bonchev–Trinajstić information content (AvgIpc) is 2.63. The predicted octanol–water partition coefficient (Wildman–Crippen LogP) is 2.09. The minimum Gasteiger partial charge on any atom is -0.393 e. The standard InChI is InChI=1S/C15H22N4OS/c1-8-9(2)21-15-13(8)14(16)17-12(18-15)7-19(3)6-10-4-11(20)5-10/h10-11,20H,4-7H2,1-3H3,(H2,16,17,18). The molecule has 2 heterocycles. The highest BCUT2D eigenvalue weighted by atomic mass is 32.1. The van der Waals surface area contributed by atoms with Gasteiger partial charge in [-0.2, -0.15) is 0 Å². The normalized spacial score (nSPS) is 22.0. The molecule has 21 heavy (non-hydrogen) atoms. The van der Waals surface area contributed by atoms with Crippen molar-refractivity contribution in [2.45, 2.75) is 39.3 Å². The molecule has 1 aliphatic carbocycles. The van der Waals surface area contributed by atoms with Crippen LogP contribution in [-0.4, -0.2) is 39.7 Å². The van der Waals surface area contributed by atoms with Crippen molar-refractivity contribution in [3.05, 3.63) is 16.3 Å². The second-order valence-electron chi connectivity index (χ2n) is 6.18. The van der Waals surface area contributed by atoms with E-state index < -0.39 is 0 Å². The Morgan fingerprint density at radius 2 is 2.05 bits per heavy atom. The van der Waals surface area contributed by atoms with E-state index >= 15 is 0 Å². The van der Waals surface area contributed by atoms with Crippen LogP contribution in [0.15, 0.2) is 0 Å². The number of thiophene rings is 1. The maximum absolute atomic E-state index is 9.35. The topological polar surface area (TPSA) is 75.3 Å². The third-order valence-electron chi connectivity index (χ3n) is 4.30. The summed E-state index contributed by atoms with van der Waals surface area (Å²) in [6.07, 6.45) is 1.73. The second kappa shape index (κ2) is 5.51. The number of fused-ring (bicyclic) bond motifs is 1. The molecule has 0 bridgehead atoms. The van der Waals surface area contributed by atoms with E-state index in [1.54, 1.807) is 11.3 Å². The van der Waals surface area contributed by atoms with E-state index in [1.807, 2.05) is 0 Å². The molecule has 0 radical (unpaired) electrons. The maximum atomic E-state index is 9.35. The van der Waals surface area contributed by atoms with Crippen LogP contribution in [0.2, 0.25) is 0 Å². The van der Waals surface area contributed by atoms with Crippen molar-refractivity contribution < 1.29 is 5.11 Å². The molecular formula is C15H22N4OS. The van der Waals surface area contributed by atoms with Crippen molar-refractivity contribution in [3.63, 3.8) is 0 Å². The number of hydrogen-bond donors (Lipinski definition) is 2. The highest BCUT2D eigenvalue weighted by Gasteiger charge is 2.28. The van der Waals surface area contributed by atoms with Gasteiger partial charge < -0.3 is 10.8 Å². The van der Waals surface area contributed by atoms with Crippen molar-refractivity contribution in [2.75, 3.05) is 19.3 Å². The van der Waals surface area contributed by atoms with Gasteiger partial charge in [0.1, 0.15) is 16.5 Å². The van der Waals surface area contributed by atoms with Crippen molar-refractivity contribution >= 4 is 27.4 Å². The number of nitrogens with two attached hydrogens (primary N) is 1. The molecule has 0 atom stereocenters. The first-order valence-corrected chi connectivity index (χ1v) is 8.14. The van der Waals surface area contributed by atoms with Crippen LogP contribution in [0.3, 0.4) is 0 Å². The molecule has 0 aromatic carbocycles. The summed E-state index contributed by atoms with van der Waals surface area (Å²) in [5.74, 6) is 1.96. The van der Waals surface area contributed by atoms with E-state index in [-0.39, 0.29) is 6.10 Å². The maximum Gasteiger partial charge on any atom is 0.146 e. The summed E-state index contributed by atoms with van der Waals surface area (Å²) in [6.45, 7) is 5.83. The molecule has 0 spiro atoms. The molecule has 3 rings (SSSR count). The van der Waals surface area contributed by atoms with Gasteiger partial charge in [0.2, 0.25) is 0 Å². The van der Waals surface area contributed by atoms with Crippen LogP contribution < -0.4 is 5.73 Å². The summed E-state index contributed by atoms with van der Waals surface area (Å²) in [5.41, 5.74) is 7.30.